The number of carbonyl (C=O) groups is 1. The number of carbonyl (C=O) groups excluding carboxylic acids is 1. The first-order valence-corrected chi connectivity index (χ1v) is 6.89. The van der Waals surface area contributed by atoms with Crippen LogP contribution in [0.5, 0.6) is 0 Å². The molecule has 21 heavy (non-hydrogen) atoms. The Morgan fingerprint density at radius 3 is 2.43 bits per heavy atom. The second-order valence-corrected chi connectivity index (χ2v) is 5.95. The van der Waals surface area contributed by atoms with E-state index in [2.05, 4.69) is 5.43 Å². The van der Waals surface area contributed by atoms with E-state index >= 15 is 0 Å². The van der Waals surface area contributed by atoms with Crippen LogP contribution in [-0.2, 0) is 11.2 Å². The average Bonchev–Trinajstić information content (AvgIpc) is 2.62. The van der Waals surface area contributed by atoms with Gasteiger partial charge in [0, 0.05) is 6.54 Å². The third-order valence-corrected chi connectivity index (χ3v) is 3.78. The monoisotopic (exact) mass is 300 g/mol. The Hall–Kier alpha value is -1.56. The van der Waals surface area contributed by atoms with Crippen molar-refractivity contribution >= 4 is 5.91 Å². The molecule has 0 spiro atoms. The number of alkyl halides is 3. The van der Waals surface area contributed by atoms with E-state index in [0.717, 1.165) is 5.01 Å². The van der Waals surface area contributed by atoms with Crippen LogP contribution >= 0.6 is 0 Å². The van der Waals surface area contributed by atoms with Gasteiger partial charge in [0.15, 0.2) is 0 Å². The van der Waals surface area contributed by atoms with Crippen LogP contribution in [0.25, 0.3) is 0 Å². The van der Waals surface area contributed by atoms with Crippen LogP contribution in [0.4, 0.5) is 13.2 Å². The van der Waals surface area contributed by atoms with Gasteiger partial charge in [-0.2, -0.15) is 13.2 Å². The van der Waals surface area contributed by atoms with Gasteiger partial charge in [-0.05, 0) is 31.4 Å². The molecule has 1 fully saturated rings. The minimum absolute atomic E-state index is 0.0219. The van der Waals surface area contributed by atoms with Crippen molar-refractivity contribution in [3.05, 3.63) is 35.4 Å². The van der Waals surface area contributed by atoms with E-state index in [9.17, 15) is 18.0 Å². The maximum atomic E-state index is 13.6. The van der Waals surface area contributed by atoms with Crippen LogP contribution in [0.2, 0.25) is 0 Å². The number of hydrogen-bond donors (Lipinski definition) is 1. The normalized spacial score (nSPS) is 20.4. The van der Waals surface area contributed by atoms with Gasteiger partial charge in [-0.3, -0.25) is 10.2 Å². The van der Waals surface area contributed by atoms with E-state index in [-0.39, 0.29) is 18.0 Å². The number of nitrogens with zero attached hydrogens (tertiary/aromatic N) is 1. The zero-order chi connectivity index (χ0) is 15.8. The van der Waals surface area contributed by atoms with Crippen LogP contribution < -0.4 is 5.43 Å². The molecule has 1 N–H and O–H groups in total. The average molecular weight is 300 g/mol. The molecule has 1 amide bonds. The molecule has 0 radical (unpaired) electrons. The van der Waals surface area contributed by atoms with Crippen molar-refractivity contribution in [1.82, 2.24) is 10.4 Å². The fourth-order valence-corrected chi connectivity index (χ4v) is 2.62. The predicted octanol–water partition coefficient (Wildman–Crippen LogP) is 3.23. The largest absolute Gasteiger partial charge is 0.409 e. The maximum Gasteiger partial charge on any atom is 0.409 e. The van der Waals surface area contributed by atoms with Gasteiger partial charge >= 0.3 is 6.18 Å². The Kier molecular flexibility index (Phi) is 4.02. The molecule has 2 rings (SSSR count). The Bertz CT molecular complexity index is 540. The Balaban J connectivity index is 2.44. The van der Waals surface area contributed by atoms with Crippen LogP contribution in [0.15, 0.2) is 24.3 Å². The number of aryl methyl sites for hydroxylation is 1. The van der Waals surface area contributed by atoms with Crippen molar-refractivity contribution in [1.29, 1.82) is 0 Å². The van der Waals surface area contributed by atoms with Crippen molar-refractivity contribution in [3.8, 4) is 0 Å². The zero-order valence-electron chi connectivity index (χ0n) is 12.3. The number of rotatable bonds is 3. The molecule has 116 valence electrons. The van der Waals surface area contributed by atoms with Gasteiger partial charge in [-0.25, -0.2) is 5.01 Å². The lowest BCUT2D eigenvalue weighted by Gasteiger charge is -2.31. The third-order valence-electron chi connectivity index (χ3n) is 3.78. The van der Waals surface area contributed by atoms with Crippen LogP contribution in [0, 0.1) is 5.41 Å². The molecule has 1 aromatic rings. The second-order valence-electron chi connectivity index (χ2n) is 5.95. The molecular formula is C15H19F3N2O. The molecule has 1 atom stereocenters. The van der Waals surface area contributed by atoms with Gasteiger partial charge in [0.25, 0.3) is 0 Å². The number of nitrogens with one attached hydrogen (secondary N) is 1. The minimum Gasteiger partial charge on any atom is -0.287 e. The first-order valence-electron chi connectivity index (χ1n) is 6.89. The lowest BCUT2D eigenvalue weighted by molar-refractivity contribution is -0.191. The van der Waals surface area contributed by atoms with E-state index in [1.165, 1.54) is 6.07 Å². The van der Waals surface area contributed by atoms with Crippen LogP contribution in [0.3, 0.4) is 0 Å². The SMILES string of the molecule is CCc1ccccc1[C@H](N1CC(C)(C)C(=O)N1)C(F)(F)F. The van der Waals surface area contributed by atoms with Gasteiger partial charge < -0.3 is 0 Å². The second kappa shape index (κ2) is 5.33. The van der Waals surface area contributed by atoms with Gasteiger partial charge in [0.2, 0.25) is 5.91 Å². The number of hydrogen-bond acceptors (Lipinski definition) is 2. The summed E-state index contributed by atoms with van der Waals surface area (Å²) in [6.45, 7) is 5.12. The molecule has 0 aliphatic carbocycles. The molecule has 0 aromatic heterocycles. The predicted molar refractivity (Wildman–Crippen MR) is 73.2 cm³/mol. The number of halogens is 3. The molecular weight excluding hydrogens is 281 g/mol. The highest BCUT2D eigenvalue weighted by Gasteiger charge is 2.51. The lowest BCUT2D eigenvalue weighted by Crippen LogP contribution is -2.44. The molecule has 0 saturated carbocycles. The molecule has 1 saturated heterocycles. The molecule has 0 bridgehead atoms. The van der Waals surface area contributed by atoms with Crippen LogP contribution in [0.1, 0.15) is 37.9 Å². The van der Waals surface area contributed by atoms with Crippen molar-refractivity contribution in [3.63, 3.8) is 0 Å². The number of benzene rings is 1. The van der Waals surface area contributed by atoms with Crippen LogP contribution in [-0.4, -0.2) is 23.6 Å². The number of hydrazine groups is 1. The summed E-state index contributed by atoms with van der Waals surface area (Å²) >= 11 is 0. The smallest absolute Gasteiger partial charge is 0.287 e. The van der Waals surface area contributed by atoms with Gasteiger partial charge in [0.1, 0.15) is 6.04 Å². The van der Waals surface area contributed by atoms with Gasteiger partial charge in [-0.15, -0.1) is 0 Å². The summed E-state index contributed by atoms with van der Waals surface area (Å²) in [5.41, 5.74) is 2.38. The maximum absolute atomic E-state index is 13.6. The summed E-state index contributed by atoms with van der Waals surface area (Å²) in [6, 6.07) is 4.67. The molecule has 1 heterocycles. The summed E-state index contributed by atoms with van der Waals surface area (Å²) < 4.78 is 40.7. The highest BCUT2D eigenvalue weighted by Crippen LogP contribution is 2.41. The van der Waals surface area contributed by atoms with Gasteiger partial charge in [-0.1, -0.05) is 31.2 Å². The quantitative estimate of drug-likeness (QED) is 0.929. The number of amides is 1. The molecule has 1 aromatic carbocycles. The summed E-state index contributed by atoms with van der Waals surface area (Å²) in [5.74, 6) is -0.384. The van der Waals surface area contributed by atoms with E-state index in [1.807, 2.05) is 6.92 Å². The van der Waals surface area contributed by atoms with E-state index in [0.29, 0.717) is 12.0 Å². The molecule has 1 aliphatic rings. The standard InChI is InChI=1S/C15H19F3N2O/c1-4-10-7-5-6-8-11(10)12(15(16,17)18)20-9-14(2,3)13(21)19-20/h5-8,12H,4,9H2,1-3H3,(H,19,21)/t12-/m0/s1. The fraction of sp³-hybridized carbons (Fsp3) is 0.533. The van der Waals surface area contributed by atoms with Crippen molar-refractivity contribution in [2.24, 2.45) is 5.41 Å². The molecule has 3 nitrogen and oxygen atoms in total. The van der Waals surface area contributed by atoms with Crippen molar-refractivity contribution in [2.45, 2.75) is 39.4 Å². The Morgan fingerprint density at radius 1 is 1.33 bits per heavy atom. The third kappa shape index (κ3) is 3.05. The highest BCUT2D eigenvalue weighted by molar-refractivity contribution is 5.83. The van der Waals surface area contributed by atoms with E-state index in [4.69, 9.17) is 0 Å². The summed E-state index contributed by atoms with van der Waals surface area (Å²) in [4.78, 5) is 11.8. The summed E-state index contributed by atoms with van der Waals surface area (Å²) in [5, 5.41) is 1.01. The van der Waals surface area contributed by atoms with Crippen molar-refractivity contribution in [2.75, 3.05) is 6.54 Å². The fourth-order valence-electron chi connectivity index (χ4n) is 2.62. The lowest BCUT2D eigenvalue weighted by atomic mass is 9.93. The molecule has 1 aliphatic heterocycles. The first-order chi connectivity index (χ1) is 9.66. The molecule has 0 unspecified atom stereocenters. The van der Waals surface area contributed by atoms with Crippen molar-refractivity contribution < 1.29 is 18.0 Å². The summed E-state index contributed by atoms with van der Waals surface area (Å²) in [6.07, 6.45) is -3.95. The van der Waals surface area contributed by atoms with E-state index < -0.39 is 17.6 Å². The highest BCUT2D eigenvalue weighted by atomic mass is 19.4. The summed E-state index contributed by atoms with van der Waals surface area (Å²) in [7, 11) is 0. The Morgan fingerprint density at radius 2 is 1.95 bits per heavy atom. The van der Waals surface area contributed by atoms with Gasteiger partial charge in [0.05, 0.1) is 5.41 Å². The first kappa shape index (κ1) is 15.8. The van der Waals surface area contributed by atoms with E-state index in [1.54, 1.807) is 32.0 Å². The topological polar surface area (TPSA) is 32.3 Å². The zero-order valence-corrected chi connectivity index (χ0v) is 12.3. The molecule has 6 heteroatoms. The Labute approximate surface area is 122 Å². The minimum atomic E-state index is -4.46.